The number of amides is 1. The molecular weight excluding hydrogens is 434 g/mol. The van der Waals surface area contributed by atoms with Crippen LogP contribution in [0.15, 0.2) is 65.7 Å². The summed E-state index contributed by atoms with van der Waals surface area (Å²) in [7, 11) is 0. The highest BCUT2D eigenvalue weighted by molar-refractivity contribution is 5.91. The van der Waals surface area contributed by atoms with E-state index in [-0.39, 0.29) is 30.3 Å². The quantitative estimate of drug-likeness (QED) is 0.445. The largest absolute Gasteiger partial charge is 0.492 e. The van der Waals surface area contributed by atoms with E-state index in [0.29, 0.717) is 6.54 Å². The maximum Gasteiger partial charge on any atom is 0.271 e. The van der Waals surface area contributed by atoms with Crippen LogP contribution in [0.5, 0.6) is 5.75 Å². The van der Waals surface area contributed by atoms with Crippen molar-refractivity contribution in [2.24, 2.45) is 0 Å². The number of hydrogen-bond donors (Lipinski definition) is 1. The molecule has 0 saturated carbocycles. The fourth-order valence-electron chi connectivity index (χ4n) is 3.72. The van der Waals surface area contributed by atoms with E-state index in [1.54, 1.807) is 12.4 Å². The number of nitrogens with one attached hydrogen (secondary N) is 1. The third-order valence-electron chi connectivity index (χ3n) is 5.56. The molecule has 2 aromatic heterocycles. The minimum Gasteiger partial charge on any atom is -0.492 e. The first-order valence-electron chi connectivity index (χ1n) is 11.5. The molecule has 1 saturated heterocycles. The Balaban J connectivity index is 1.17. The molecule has 178 valence electrons. The van der Waals surface area contributed by atoms with Gasteiger partial charge in [0.2, 0.25) is 5.95 Å². The van der Waals surface area contributed by atoms with Gasteiger partial charge < -0.3 is 15.0 Å². The smallest absolute Gasteiger partial charge is 0.271 e. The zero-order valence-electron chi connectivity index (χ0n) is 19.0. The van der Waals surface area contributed by atoms with Crippen molar-refractivity contribution in [1.29, 1.82) is 0 Å². The average Bonchev–Trinajstić information content (AvgIpc) is 2.89. The Morgan fingerprint density at radius 3 is 2.47 bits per heavy atom. The van der Waals surface area contributed by atoms with Gasteiger partial charge in [-0.1, -0.05) is 18.2 Å². The van der Waals surface area contributed by atoms with Crippen LogP contribution < -0.4 is 20.5 Å². The lowest BCUT2D eigenvalue weighted by Gasteiger charge is -2.34. The number of hydrogen-bond acceptors (Lipinski definition) is 8. The minimum atomic E-state index is -0.288. The molecule has 3 aromatic rings. The fraction of sp³-hybridized carbons (Fsp3) is 0.375. The van der Waals surface area contributed by atoms with Crippen LogP contribution in [0, 0.1) is 0 Å². The van der Waals surface area contributed by atoms with E-state index in [4.69, 9.17) is 4.74 Å². The first-order chi connectivity index (χ1) is 16.7. The van der Waals surface area contributed by atoms with Crippen LogP contribution in [-0.2, 0) is 6.54 Å². The van der Waals surface area contributed by atoms with Crippen LogP contribution in [-0.4, -0.2) is 76.4 Å². The lowest BCUT2D eigenvalue weighted by atomic mass is 10.3. The van der Waals surface area contributed by atoms with Crippen LogP contribution >= 0.6 is 0 Å². The molecule has 1 amide bonds. The lowest BCUT2D eigenvalue weighted by Crippen LogP contribution is -2.47. The number of aromatic nitrogens is 4. The van der Waals surface area contributed by atoms with Gasteiger partial charge in [-0.3, -0.25) is 14.5 Å². The van der Waals surface area contributed by atoms with Crippen molar-refractivity contribution in [1.82, 2.24) is 30.0 Å². The van der Waals surface area contributed by atoms with Crippen LogP contribution in [0.2, 0.25) is 0 Å². The van der Waals surface area contributed by atoms with Crippen LogP contribution in [0.4, 0.5) is 5.95 Å². The SMILES string of the molecule is O=C(NCCCN1CCN(c2ncccn2)CC1)c1ccc(=O)n(CCOc2ccccc2)n1. The van der Waals surface area contributed by atoms with Crippen molar-refractivity contribution in [3.8, 4) is 5.75 Å². The fourth-order valence-corrected chi connectivity index (χ4v) is 3.72. The van der Waals surface area contributed by atoms with E-state index >= 15 is 0 Å². The van der Waals surface area contributed by atoms with Crippen LogP contribution in [0.25, 0.3) is 0 Å². The molecule has 4 rings (SSSR count). The van der Waals surface area contributed by atoms with Gasteiger partial charge in [-0.05, 0) is 37.2 Å². The third kappa shape index (κ3) is 6.61. The molecule has 1 N–H and O–H groups in total. The molecular formula is C24H29N7O3. The van der Waals surface area contributed by atoms with E-state index < -0.39 is 0 Å². The monoisotopic (exact) mass is 463 g/mol. The van der Waals surface area contributed by atoms with Crippen molar-refractivity contribution >= 4 is 11.9 Å². The number of benzene rings is 1. The number of para-hydroxylation sites is 1. The summed E-state index contributed by atoms with van der Waals surface area (Å²) in [6.07, 6.45) is 4.35. The summed E-state index contributed by atoms with van der Waals surface area (Å²) in [6.45, 7) is 5.62. The summed E-state index contributed by atoms with van der Waals surface area (Å²) in [4.78, 5) is 37.8. The van der Waals surface area contributed by atoms with Crippen molar-refractivity contribution < 1.29 is 9.53 Å². The maximum atomic E-state index is 12.5. The summed E-state index contributed by atoms with van der Waals surface area (Å²) < 4.78 is 6.88. The van der Waals surface area contributed by atoms with E-state index in [1.807, 2.05) is 36.4 Å². The molecule has 10 heteroatoms. The molecule has 1 fully saturated rings. The van der Waals surface area contributed by atoms with Gasteiger partial charge in [-0.15, -0.1) is 0 Å². The highest BCUT2D eigenvalue weighted by atomic mass is 16.5. The molecule has 0 spiro atoms. The first kappa shape index (κ1) is 23.4. The summed E-state index contributed by atoms with van der Waals surface area (Å²) in [5.74, 6) is 1.21. The Hall–Kier alpha value is -3.79. The molecule has 0 atom stereocenters. The molecule has 3 heterocycles. The van der Waals surface area contributed by atoms with Crippen molar-refractivity contribution in [3.05, 3.63) is 77.0 Å². The minimum absolute atomic E-state index is 0.218. The molecule has 10 nitrogen and oxygen atoms in total. The van der Waals surface area contributed by atoms with E-state index in [2.05, 4.69) is 30.2 Å². The van der Waals surface area contributed by atoms with Gasteiger partial charge in [0.25, 0.3) is 11.5 Å². The first-order valence-corrected chi connectivity index (χ1v) is 11.5. The Morgan fingerprint density at radius 1 is 0.941 bits per heavy atom. The second-order valence-electron chi connectivity index (χ2n) is 7.93. The summed E-state index contributed by atoms with van der Waals surface area (Å²) in [6, 6.07) is 14.0. The highest BCUT2D eigenvalue weighted by Crippen LogP contribution is 2.10. The number of ether oxygens (including phenoxy) is 1. The molecule has 1 aliphatic heterocycles. The number of carbonyl (C=O) groups is 1. The van der Waals surface area contributed by atoms with Gasteiger partial charge in [0.05, 0.1) is 6.54 Å². The van der Waals surface area contributed by atoms with Crippen molar-refractivity contribution in [2.75, 3.05) is 50.8 Å². The standard InChI is InChI=1S/C24H29N7O3/c32-22-9-8-21(28-31(22)18-19-34-20-6-2-1-3-7-20)23(33)25-12-5-13-29-14-16-30(17-15-29)24-26-10-4-11-27-24/h1-4,6-11H,5,12-19H2,(H,25,33). The zero-order chi connectivity index (χ0) is 23.6. The predicted molar refractivity (Wildman–Crippen MR) is 128 cm³/mol. The Bertz CT molecular complexity index is 1100. The van der Waals surface area contributed by atoms with Gasteiger partial charge in [0.1, 0.15) is 18.1 Å². The number of piperazine rings is 1. The third-order valence-corrected chi connectivity index (χ3v) is 5.56. The second kappa shape index (κ2) is 11.9. The average molecular weight is 464 g/mol. The predicted octanol–water partition coefficient (Wildman–Crippen LogP) is 1.05. The summed E-state index contributed by atoms with van der Waals surface area (Å²) >= 11 is 0. The number of nitrogens with zero attached hydrogens (tertiary/aromatic N) is 6. The lowest BCUT2D eigenvalue weighted by molar-refractivity contribution is 0.0943. The Morgan fingerprint density at radius 2 is 1.71 bits per heavy atom. The Labute approximate surface area is 198 Å². The van der Waals surface area contributed by atoms with E-state index in [9.17, 15) is 9.59 Å². The van der Waals surface area contributed by atoms with Gasteiger partial charge in [0.15, 0.2) is 0 Å². The Kier molecular flexibility index (Phi) is 8.18. The molecule has 1 aliphatic rings. The van der Waals surface area contributed by atoms with Crippen molar-refractivity contribution in [3.63, 3.8) is 0 Å². The van der Waals surface area contributed by atoms with E-state index in [0.717, 1.165) is 50.8 Å². The van der Waals surface area contributed by atoms with Crippen LogP contribution in [0.3, 0.4) is 0 Å². The highest BCUT2D eigenvalue weighted by Gasteiger charge is 2.18. The number of carbonyl (C=O) groups excluding carboxylic acids is 1. The zero-order valence-corrected chi connectivity index (χ0v) is 19.0. The summed E-state index contributed by atoms with van der Waals surface area (Å²) in [5, 5.41) is 7.09. The molecule has 0 unspecified atom stereocenters. The van der Waals surface area contributed by atoms with Crippen LogP contribution in [0.1, 0.15) is 16.9 Å². The van der Waals surface area contributed by atoms with E-state index in [1.165, 1.54) is 16.8 Å². The van der Waals surface area contributed by atoms with Crippen molar-refractivity contribution in [2.45, 2.75) is 13.0 Å². The normalized spacial score (nSPS) is 14.1. The molecule has 0 bridgehead atoms. The topological polar surface area (TPSA) is 105 Å². The molecule has 1 aromatic carbocycles. The van der Waals surface area contributed by atoms with Gasteiger partial charge in [-0.2, -0.15) is 5.10 Å². The van der Waals surface area contributed by atoms with Gasteiger partial charge >= 0.3 is 0 Å². The van der Waals surface area contributed by atoms with Gasteiger partial charge in [-0.25, -0.2) is 14.6 Å². The second-order valence-corrected chi connectivity index (χ2v) is 7.93. The molecule has 0 radical (unpaired) electrons. The molecule has 34 heavy (non-hydrogen) atoms. The van der Waals surface area contributed by atoms with Gasteiger partial charge in [0, 0.05) is 51.2 Å². The number of anilines is 1. The summed E-state index contributed by atoms with van der Waals surface area (Å²) in [5.41, 5.74) is -0.0518. The molecule has 0 aliphatic carbocycles. The number of rotatable bonds is 10. The maximum absolute atomic E-state index is 12.5.